The Hall–Kier alpha value is -1.42. The molecule has 0 spiro atoms. The number of carbonyl (C=O) groups excluding carboxylic acids is 1. The van der Waals surface area contributed by atoms with E-state index in [1.807, 2.05) is 36.1 Å². The van der Waals surface area contributed by atoms with Gasteiger partial charge >= 0.3 is 0 Å². The molecule has 0 aromatic carbocycles. The van der Waals surface area contributed by atoms with E-state index in [0.717, 1.165) is 11.3 Å². The summed E-state index contributed by atoms with van der Waals surface area (Å²) in [7, 11) is 1.85. The number of aryl methyl sites for hydroxylation is 1. The number of hydrogen-bond donors (Lipinski definition) is 0. The normalized spacial score (nSPS) is 10.5. The van der Waals surface area contributed by atoms with E-state index in [0.29, 0.717) is 12.8 Å². The van der Waals surface area contributed by atoms with Crippen LogP contribution in [0.4, 0.5) is 0 Å². The van der Waals surface area contributed by atoms with Crippen LogP contribution < -0.4 is 0 Å². The molecule has 0 aliphatic carbocycles. The topological polar surface area (TPSA) is 34.9 Å². The van der Waals surface area contributed by atoms with E-state index in [4.69, 9.17) is 0 Å². The smallest absolute Gasteiger partial charge is 0.143 e. The van der Waals surface area contributed by atoms with Gasteiger partial charge in [0.2, 0.25) is 0 Å². The molecular formula is C11H12N2OS. The molecule has 2 heterocycles. The summed E-state index contributed by atoms with van der Waals surface area (Å²) in [5.41, 5.74) is 1.94. The molecule has 0 saturated heterocycles. The third-order valence-corrected chi connectivity index (χ3v) is 2.86. The highest BCUT2D eigenvalue weighted by atomic mass is 32.1. The third-order valence-electron chi connectivity index (χ3n) is 2.13. The summed E-state index contributed by atoms with van der Waals surface area (Å²) >= 11 is 1.62. The van der Waals surface area contributed by atoms with Crippen molar-refractivity contribution in [3.8, 4) is 0 Å². The van der Waals surface area contributed by atoms with E-state index in [2.05, 4.69) is 5.10 Å². The molecule has 4 heteroatoms. The van der Waals surface area contributed by atoms with Crippen LogP contribution in [-0.4, -0.2) is 15.6 Å². The van der Waals surface area contributed by atoms with Crippen molar-refractivity contribution in [1.29, 1.82) is 0 Å². The lowest BCUT2D eigenvalue weighted by Gasteiger charge is -1.95. The van der Waals surface area contributed by atoms with Crippen molar-refractivity contribution in [3.05, 3.63) is 40.3 Å². The molecule has 2 aromatic rings. The van der Waals surface area contributed by atoms with Crippen LogP contribution in [0.2, 0.25) is 0 Å². The fourth-order valence-electron chi connectivity index (χ4n) is 1.44. The molecule has 0 N–H and O–H groups in total. The van der Waals surface area contributed by atoms with Gasteiger partial charge in [-0.05, 0) is 28.5 Å². The average Bonchev–Trinajstić information content (AvgIpc) is 2.77. The summed E-state index contributed by atoms with van der Waals surface area (Å²) in [4.78, 5) is 11.6. The molecule has 15 heavy (non-hydrogen) atoms. The lowest BCUT2D eigenvalue weighted by molar-refractivity contribution is -0.117. The first-order valence-electron chi connectivity index (χ1n) is 4.75. The molecule has 2 aromatic heterocycles. The molecule has 78 valence electrons. The maximum Gasteiger partial charge on any atom is 0.143 e. The van der Waals surface area contributed by atoms with Crippen molar-refractivity contribution in [2.45, 2.75) is 12.8 Å². The number of carbonyl (C=O) groups is 1. The summed E-state index contributed by atoms with van der Waals surface area (Å²) in [6, 6.07) is 3.87. The molecule has 0 atom stereocenters. The highest BCUT2D eigenvalue weighted by Crippen LogP contribution is 2.08. The Kier molecular flexibility index (Phi) is 2.97. The zero-order chi connectivity index (χ0) is 10.7. The predicted octanol–water partition coefficient (Wildman–Crippen LogP) is 1.84. The molecule has 0 amide bonds. The minimum atomic E-state index is 0.215. The van der Waals surface area contributed by atoms with Crippen LogP contribution >= 0.6 is 11.3 Å². The van der Waals surface area contributed by atoms with Crippen LogP contribution in [0, 0.1) is 0 Å². The van der Waals surface area contributed by atoms with Gasteiger partial charge in [0.15, 0.2) is 0 Å². The summed E-state index contributed by atoms with van der Waals surface area (Å²) in [5.74, 6) is 0.215. The van der Waals surface area contributed by atoms with Crippen molar-refractivity contribution in [2.24, 2.45) is 7.05 Å². The van der Waals surface area contributed by atoms with Crippen molar-refractivity contribution in [2.75, 3.05) is 0 Å². The van der Waals surface area contributed by atoms with Crippen molar-refractivity contribution in [1.82, 2.24) is 9.78 Å². The standard InChI is InChI=1S/C11H12N2OS/c1-13-4-2-10(12-13)7-11(14)6-9-3-5-15-8-9/h2-5,8H,6-7H2,1H3. The third kappa shape index (κ3) is 2.76. The predicted molar refractivity (Wildman–Crippen MR) is 59.9 cm³/mol. The zero-order valence-corrected chi connectivity index (χ0v) is 9.33. The second kappa shape index (κ2) is 4.40. The van der Waals surface area contributed by atoms with E-state index in [1.54, 1.807) is 16.0 Å². The maximum absolute atomic E-state index is 11.6. The Balaban J connectivity index is 1.93. The van der Waals surface area contributed by atoms with Gasteiger partial charge in [-0.1, -0.05) is 0 Å². The Morgan fingerprint density at radius 1 is 1.47 bits per heavy atom. The van der Waals surface area contributed by atoms with Crippen LogP contribution in [0.1, 0.15) is 11.3 Å². The quantitative estimate of drug-likeness (QED) is 0.788. The van der Waals surface area contributed by atoms with Crippen LogP contribution in [0.25, 0.3) is 0 Å². The van der Waals surface area contributed by atoms with Crippen LogP contribution in [0.3, 0.4) is 0 Å². The molecule has 0 saturated carbocycles. The van der Waals surface area contributed by atoms with Gasteiger partial charge in [0.25, 0.3) is 0 Å². The first kappa shape index (κ1) is 10.1. The first-order valence-corrected chi connectivity index (χ1v) is 5.69. The monoisotopic (exact) mass is 220 g/mol. The van der Waals surface area contributed by atoms with Crippen molar-refractivity contribution < 1.29 is 4.79 Å². The number of rotatable bonds is 4. The lowest BCUT2D eigenvalue weighted by Crippen LogP contribution is -2.06. The van der Waals surface area contributed by atoms with Crippen LogP contribution in [-0.2, 0) is 24.7 Å². The molecular weight excluding hydrogens is 208 g/mol. The minimum absolute atomic E-state index is 0.215. The molecule has 0 bridgehead atoms. The number of thiophene rings is 1. The van der Waals surface area contributed by atoms with Gasteiger partial charge in [-0.2, -0.15) is 16.4 Å². The number of hydrogen-bond acceptors (Lipinski definition) is 3. The van der Waals surface area contributed by atoms with Crippen LogP contribution in [0.5, 0.6) is 0 Å². The molecule has 3 nitrogen and oxygen atoms in total. The summed E-state index contributed by atoms with van der Waals surface area (Å²) < 4.78 is 1.72. The number of ketones is 1. The van der Waals surface area contributed by atoms with Crippen molar-refractivity contribution >= 4 is 17.1 Å². The van der Waals surface area contributed by atoms with Gasteiger partial charge < -0.3 is 0 Å². The van der Waals surface area contributed by atoms with E-state index in [9.17, 15) is 4.79 Å². The first-order chi connectivity index (χ1) is 7.24. The molecule has 2 rings (SSSR count). The Bertz CT molecular complexity index is 445. The minimum Gasteiger partial charge on any atom is -0.299 e. The Morgan fingerprint density at radius 2 is 2.33 bits per heavy atom. The second-order valence-electron chi connectivity index (χ2n) is 3.50. The van der Waals surface area contributed by atoms with Gasteiger partial charge in [-0.3, -0.25) is 9.48 Å². The highest BCUT2D eigenvalue weighted by Gasteiger charge is 2.07. The summed E-state index contributed by atoms with van der Waals surface area (Å²) in [5, 5.41) is 8.18. The molecule has 0 unspecified atom stereocenters. The van der Waals surface area contributed by atoms with E-state index >= 15 is 0 Å². The van der Waals surface area contributed by atoms with E-state index < -0.39 is 0 Å². The molecule has 0 fully saturated rings. The molecule has 0 aliphatic rings. The SMILES string of the molecule is Cn1ccc(CC(=O)Cc2ccsc2)n1. The fourth-order valence-corrected chi connectivity index (χ4v) is 2.11. The lowest BCUT2D eigenvalue weighted by atomic mass is 10.1. The molecule has 0 radical (unpaired) electrons. The van der Waals surface area contributed by atoms with Crippen molar-refractivity contribution in [3.63, 3.8) is 0 Å². The average molecular weight is 220 g/mol. The highest BCUT2D eigenvalue weighted by molar-refractivity contribution is 7.07. The second-order valence-corrected chi connectivity index (χ2v) is 4.28. The zero-order valence-electron chi connectivity index (χ0n) is 8.51. The number of aromatic nitrogens is 2. The number of Topliss-reactive ketones (excluding diaryl/α,β-unsaturated/α-hetero) is 1. The van der Waals surface area contributed by atoms with Gasteiger partial charge in [0, 0.05) is 19.7 Å². The molecule has 0 aliphatic heterocycles. The Labute approximate surface area is 92.4 Å². The fraction of sp³-hybridized carbons (Fsp3) is 0.273. The summed E-state index contributed by atoms with van der Waals surface area (Å²) in [6.07, 6.45) is 2.80. The van der Waals surface area contributed by atoms with Crippen LogP contribution in [0.15, 0.2) is 29.1 Å². The van der Waals surface area contributed by atoms with Gasteiger partial charge in [0.1, 0.15) is 5.78 Å². The Morgan fingerprint density at radius 3 is 2.93 bits per heavy atom. The van der Waals surface area contributed by atoms with Gasteiger partial charge in [0.05, 0.1) is 12.1 Å². The largest absolute Gasteiger partial charge is 0.299 e. The maximum atomic E-state index is 11.6. The number of nitrogens with zero attached hydrogens (tertiary/aromatic N) is 2. The van der Waals surface area contributed by atoms with E-state index in [1.165, 1.54) is 0 Å². The van der Waals surface area contributed by atoms with Gasteiger partial charge in [-0.25, -0.2) is 0 Å². The summed E-state index contributed by atoms with van der Waals surface area (Å²) in [6.45, 7) is 0. The van der Waals surface area contributed by atoms with E-state index in [-0.39, 0.29) is 5.78 Å². The van der Waals surface area contributed by atoms with Gasteiger partial charge in [-0.15, -0.1) is 0 Å².